The number of ether oxygens (including phenoxy) is 2. The Kier molecular flexibility index (Phi) is 8.35. The number of nitrogen functional groups attached to an aromatic ring is 2. The number of aliphatic hydroxyl groups excluding tert-OH is 4. The average molecular weight is 674 g/mol. The van der Waals surface area contributed by atoms with Crippen LogP contribution in [0.2, 0.25) is 0 Å². The van der Waals surface area contributed by atoms with Crippen LogP contribution in [0.4, 0.5) is 11.6 Å². The van der Waals surface area contributed by atoms with Crippen LogP contribution in [0.3, 0.4) is 0 Å². The Hall–Kier alpha value is -3.24. The molecule has 10 N–H and O–H groups in total. The van der Waals surface area contributed by atoms with E-state index in [0.29, 0.717) is 0 Å². The summed E-state index contributed by atoms with van der Waals surface area (Å²) in [6.07, 6.45) is -6.60. The predicted octanol–water partition coefficient (Wildman–Crippen LogP) is -2.57. The minimum atomic E-state index is -4.87. The Balaban J connectivity index is 1.04. The number of aliphatic hydroxyl groups is 4. The average Bonchev–Trinajstić information content (AvgIpc) is 3.73. The summed E-state index contributed by atoms with van der Waals surface area (Å²) in [6, 6.07) is 0. The fourth-order valence-electron chi connectivity index (χ4n) is 4.99. The standard InChI is InChI=1S/C21H28N10O12P2/c22-16-10-18(26-3-24-16)30(5-28-10)20-14(34)12(32)8(42-20)1-40-44(36,37)7-45(38,39)41-2-9-13(33)15(35)21(43-9)31-6-29-11-17(23)25-4-27-19(11)31/h3-6,8-9,12-15,20-21,32-35H,1-2,7H2,(H,36,37)(H,38,39)(H2,22,24,26)(H2,23,25,27). The lowest BCUT2D eigenvalue weighted by Crippen LogP contribution is -2.34. The van der Waals surface area contributed by atoms with Crippen molar-refractivity contribution in [3.8, 4) is 0 Å². The van der Waals surface area contributed by atoms with Crippen LogP contribution in [0.1, 0.15) is 12.5 Å². The van der Waals surface area contributed by atoms with E-state index in [1.54, 1.807) is 0 Å². The predicted molar refractivity (Wildman–Crippen MR) is 148 cm³/mol. The van der Waals surface area contributed by atoms with Crippen molar-refractivity contribution in [1.82, 2.24) is 39.0 Å². The minimum Gasteiger partial charge on any atom is -0.387 e. The molecule has 2 aliphatic rings. The quantitative estimate of drug-likeness (QED) is 0.0801. The number of hydrogen-bond donors (Lipinski definition) is 8. The maximum absolute atomic E-state index is 12.7. The van der Waals surface area contributed by atoms with Gasteiger partial charge in [-0.15, -0.1) is 0 Å². The Bertz CT molecular complexity index is 1680. The van der Waals surface area contributed by atoms with Gasteiger partial charge in [0, 0.05) is 0 Å². The van der Waals surface area contributed by atoms with Gasteiger partial charge in [-0.1, -0.05) is 0 Å². The van der Waals surface area contributed by atoms with E-state index in [1.807, 2.05) is 0 Å². The molecule has 0 aliphatic carbocycles. The van der Waals surface area contributed by atoms with Crippen molar-refractivity contribution in [3.05, 3.63) is 25.3 Å². The van der Waals surface area contributed by atoms with Gasteiger partial charge < -0.3 is 60.2 Å². The molecule has 10 unspecified atom stereocenters. The van der Waals surface area contributed by atoms with E-state index in [9.17, 15) is 39.3 Å². The molecule has 2 aliphatic heterocycles. The van der Waals surface area contributed by atoms with Crippen LogP contribution >= 0.6 is 15.2 Å². The molecule has 244 valence electrons. The van der Waals surface area contributed by atoms with E-state index < -0.39 is 83.4 Å². The largest absolute Gasteiger partial charge is 0.387 e. The van der Waals surface area contributed by atoms with E-state index in [2.05, 4.69) is 29.9 Å². The van der Waals surface area contributed by atoms with Gasteiger partial charge in [-0.3, -0.25) is 18.3 Å². The van der Waals surface area contributed by atoms with Crippen molar-refractivity contribution in [2.45, 2.75) is 49.1 Å². The van der Waals surface area contributed by atoms with Crippen LogP contribution in [-0.2, 0) is 27.7 Å². The highest BCUT2D eigenvalue weighted by Crippen LogP contribution is 2.58. The summed E-state index contributed by atoms with van der Waals surface area (Å²) < 4.78 is 49.1. The van der Waals surface area contributed by atoms with Crippen molar-refractivity contribution < 1.29 is 57.9 Å². The summed E-state index contributed by atoms with van der Waals surface area (Å²) in [5.74, 6) is -1.24. The molecule has 24 heteroatoms. The number of nitrogens with two attached hydrogens (primary N) is 2. The summed E-state index contributed by atoms with van der Waals surface area (Å²) >= 11 is 0. The van der Waals surface area contributed by atoms with Gasteiger partial charge in [0.15, 0.2) is 41.3 Å². The van der Waals surface area contributed by atoms with Gasteiger partial charge in [-0.05, 0) is 0 Å². The number of imidazole rings is 2. The van der Waals surface area contributed by atoms with Crippen LogP contribution in [0.5, 0.6) is 0 Å². The summed E-state index contributed by atoms with van der Waals surface area (Å²) in [7, 11) is -9.74. The van der Waals surface area contributed by atoms with Gasteiger partial charge >= 0.3 is 15.2 Å². The first kappa shape index (κ1) is 31.7. The van der Waals surface area contributed by atoms with Gasteiger partial charge in [0.05, 0.1) is 25.9 Å². The molecule has 4 aromatic rings. The topological polar surface area (TPSA) is 332 Å². The molecule has 6 rings (SSSR count). The number of rotatable bonds is 10. The van der Waals surface area contributed by atoms with Crippen molar-refractivity contribution >= 4 is 49.2 Å². The second-order valence-electron chi connectivity index (χ2n) is 10.3. The van der Waals surface area contributed by atoms with Gasteiger partial charge in [0.1, 0.15) is 60.3 Å². The molecular weight excluding hydrogens is 646 g/mol. The van der Waals surface area contributed by atoms with Gasteiger partial charge in [-0.25, -0.2) is 29.9 Å². The fourth-order valence-corrected chi connectivity index (χ4v) is 8.21. The molecule has 0 spiro atoms. The molecule has 0 radical (unpaired) electrons. The molecule has 0 aromatic carbocycles. The second-order valence-corrected chi connectivity index (χ2v) is 14.5. The Morgan fingerprint density at radius 2 is 1.09 bits per heavy atom. The molecule has 10 atom stereocenters. The van der Waals surface area contributed by atoms with Crippen LogP contribution in [0.25, 0.3) is 22.3 Å². The third kappa shape index (κ3) is 6.03. The molecule has 4 aromatic heterocycles. The van der Waals surface area contributed by atoms with Crippen molar-refractivity contribution in [3.63, 3.8) is 0 Å². The second kappa shape index (κ2) is 11.8. The van der Waals surface area contributed by atoms with Crippen molar-refractivity contribution in [2.24, 2.45) is 0 Å². The molecule has 0 saturated carbocycles. The van der Waals surface area contributed by atoms with Gasteiger partial charge in [0.25, 0.3) is 0 Å². The van der Waals surface area contributed by atoms with E-state index in [4.69, 9.17) is 30.0 Å². The van der Waals surface area contributed by atoms with E-state index in [1.165, 1.54) is 34.4 Å². The van der Waals surface area contributed by atoms with Gasteiger partial charge in [-0.2, -0.15) is 0 Å². The zero-order valence-corrected chi connectivity index (χ0v) is 24.6. The van der Waals surface area contributed by atoms with E-state index >= 15 is 0 Å². The summed E-state index contributed by atoms with van der Waals surface area (Å²) in [5.41, 5.74) is 12.4. The summed E-state index contributed by atoms with van der Waals surface area (Å²) in [5, 5.41) is 42.0. The summed E-state index contributed by atoms with van der Waals surface area (Å²) in [6.45, 7) is -1.53. The highest BCUT2D eigenvalue weighted by molar-refractivity contribution is 7.70. The van der Waals surface area contributed by atoms with Crippen LogP contribution < -0.4 is 11.5 Å². The lowest BCUT2D eigenvalue weighted by molar-refractivity contribution is -0.0491. The third-order valence-electron chi connectivity index (χ3n) is 7.24. The molecule has 2 fully saturated rings. The molecular formula is C21H28N10O12P2. The number of nitrogens with zero attached hydrogens (tertiary/aromatic N) is 8. The van der Waals surface area contributed by atoms with Crippen LogP contribution in [0, 0.1) is 0 Å². The van der Waals surface area contributed by atoms with Gasteiger partial charge in [0.2, 0.25) is 0 Å². The molecule has 0 bridgehead atoms. The number of fused-ring (bicyclic) bond motifs is 2. The summed E-state index contributed by atoms with van der Waals surface area (Å²) in [4.78, 5) is 44.4. The molecule has 6 heterocycles. The normalized spacial score (nSPS) is 31.4. The first-order chi connectivity index (χ1) is 21.3. The maximum atomic E-state index is 12.7. The van der Waals surface area contributed by atoms with E-state index in [0.717, 1.165) is 0 Å². The highest BCUT2D eigenvalue weighted by Gasteiger charge is 2.47. The highest BCUT2D eigenvalue weighted by atomic mass is 31.2. The number of hydrogen-bond acceptors (Lipinski definition) is 18. The fraction of sp³-hybridized carbons (Fsp3) is 0.524. The monoisotopic (exact) mass is 674 g/mol. The lowest BCUT2D eigenvalue weighted by atomic mass is 10.1. The van der Waals surface area contributed by atoms with Crippen molar-refractivity contribution in [2.75, 3.05) is 30.6 Å². The SMILES string of the molecule is Nc1ncnc2c1ncn2C1OC(COP(=O)(O)CP(=O)(O)OCC2OC(n3cnc4c(N)ncnc43)C(O)C2O)C(O)C1O. The molecule has 0 amide bonds. The number of anilines is 2. The zero-order valence-electron chi connectivity index (χ0n) is 22.8. The van der Waals surface area contributed by atoms with Crippen LogP contribution in [0.15, 0.2) is 25.3 Å². The molecule has 22 nitrogen and oxygen atoms in total. The third-order valence-corrected chi connectivity index (χ3v) is 11.2. The van der Waals surface area contributed by atoms with Crippen molar-refractivity contribution in [1.29, 1.82) is 0 Å². The smallest absolute Gasteiger partial charge is 0.340 e. The number of aromatic nitrogens is 8. The Morgan fingerprint density at radius 3 is 1.49 bits per heavy atom. The minimum absolute atomic E-state index is 0.0704. The first-order valence-corrected chi connectivity index (χ1v) is 16.6. The van der Waals surface area contributed by atoms with Crippen LogP contribution in [-0.4, -0.2) is 125 Å². The first-order valence-electron chi connectivity index (χ1n) is 13.1. The Labute approximate surface area is 251 Å². The Morgan fingerprint density at radius 1 is 0.689 bits per heavy atom. The lowest BCUT2D eigenvalue weighted by Gasteiger charge is -2.21. The molecule has 2 saturated heterocycles. The molecule has 45 heavy (non-hydrogen) atoms. The zero-order chi connectivity index (χ0) is 32.3. The maximum Gasteiger partial charge on any atom is 0.340 e. The van der Waals surface area contributed by atoms with E-state index in [-0.39, 0.29) is 34.0 Å².